The van der Waals surface area contributed by atoms with Gasteiger partial charge in [0.05, 0.1) is 18.4 Å². The third-order valence-corrected chi connectivity index (χ3v) is 3.79. The summed E-state index contributed by atoms with van der Waals surface area (Å²) in [5.41, 5.74) is 2.21. The molecule has 1 amide bonds. The fraction of sp³-hybridized carbons (Fsp3) is 0.421. The molecule has 0 fully saturated rings. The molecule has 0 spiro atoms. The van der Waals surface area contributed by atoms with Crippen molar-refractivity contribution in [1.29, 1.82) is 0 Å². The van der Waals surface area contributed by atoms with Gasteiger partial charge in [-0.15, -0.1) is 0 Å². The van der Waals surface area contributed by atoms with Crippen molar-refractivity contribution in [2.75, 3.05) is 32.2 Å². The van der Waals surface area contributed by atoms with Gasteiger partial charge in [-0.05, 0) is 38.0 Å². The Bertz CT molecular complexity index is 704. The van der Waals surface area contributed by atoms with Gasteiger partial charge < -0.3 is 20.1 Å². The van der Waals surface area contributed by atoms with Gasteiger partial charge in [-0.2, -0.15) is 0 Å². The van der Waals surface area contributed by atoms with Crippen molar-refractivity contribution in [3.8, 4) is 5.75 Å². The summed E-state index contributed by atoms with van der Waals surface area (Å²) in [7, 11) is 1.64. The summed E-state index contributed by atoms with van der Waals surface area (Å²) in [5, 5.41) is 6.02. The van der Waals surface area contributed by atoms with Gasteiger partial charge in [0.2, 0.25) is 5.95 Å². The van der Waals surface area contributed by atoms with Crippen molar-refractivity contribution in [3.05, 3.63) is 47.3 Å². The van der Waals surface area contributed by atoms with Gasteiger partial charge in [0, 0.05) is 32.5 Å². The Labute approximate surface area is 154 Å². The average molecular weight is 358 g/mol. The summed E-state index contributed by atoms with van der Waals surface area (Å²) in [6.45, 7) is 6.23. The predicted octanol–water partition coefficient (Wildman–Crippen LogP) is 2.56. The van der Waals surface area contributed by atoms with E-state index in [1.54, 1.807) is 20.2 Å². The standard InChI is InChI=1S/C19H26N4O3/c1-4-26-11-5-10-20-18(24)17-13-22-19(23-14(17)2)21-12-15-6-8-16(25-3)9-7-15/h6-9,13H,4-5,10-12H2,1-3H3,(H,20,24)(H,21,22,23). The number of rotatable bonds is 10. The van der Waals surface area contributed by atoms with Crippen LogP contribution in [-0.4, -0.2) is 42.7 Å². The van der Waals surface area contributed by atoms with E-state index in [-0.39, 0.29) is 5.91 Å². The summed E-state index contributed by atoms with van der Waals surface area (Å²) in [6, 6.07) is 7.76. The number of methoxy groups -OCH3 is 1. The Kier molecular flexibility index (Phi) is 7.82. The molecule has 7 nitrogen and oxygen atoms in total. The summed E-state index contributed by atoms with van der Waals surface area (Å²) < 4.78 is 10.4. The maximum Gasteiger partial charge on any atom is 0.254 e. The first-order valence-electron chi connectivity index (χ1n) is 8.70. The fourth-order valence-corrected chi connectivity index (χ4v) is 2.32. The third-order valence-electron chi connectivity index (χ3n) is 3.79. The maximum absolute atomic E-state index is 12.2. The van der Waals surface area contributed by atoms with Crippen LogP contribution in [-0.2, 0) is 11.3 Å². The molecule has 0 bridgehead atoms. The molecule has 0 saturated heterocycles. The number of nitrogens with one attached hydrogen (secondary N) is 2. The number of aromatic nitrogens is 2. The normalized spacial score (nSPS) is 10.4. The minimum absolute atomic E-state index is 0.166. The zero-order chi connectivity index (χ0) is 18.8. The second-order valence-electron chi connectivity index (χ2n) is 5.70. The van der Waals surface area contributed by atoms with Crippen molar-refractivity contribution in [2.24, 2.45) is 0 Å². The number of aryl methyl sites for hydroxylation is 1. The summed E-state index contributed by atoms with van der Waals surface area (Å²) in [6.07, 6.45) is 2.33. The van der Waals surface area contributed by atoms with E-state index in [4.69, 9.17) is 9.47 Å². The summed E-state index contributed by atoms with van der Waals surface area (Å²) >= 11 is 0. The number of hydrogen-bond donors (Lipinski definition) is 2. The van der Waals surface area contributed by atoms with Crippen LogP contribution in [0.25, 0.3) is 0 Å². The van der Waals surface area contributed by atoms with Gasteiger partial charge in [-0.3, -0.25) is 4.79 Å². The highest BCUT2D eigenvalue weighted by Crippen LogP contribution is 2.13. The number of hydrogen-bond acceptors (Lipinski definition) is 6. The Balaban J connectivity index is 1.86. The molecule has 1 aromatic heterocycles. The first-order valence-corrected chi connectivity index (χ1v) is 8.70. The van der Waals surface area contributed by atoms with Crippen molar-refractivity contribution < 1.29 is 14.3 Å². The SMILES string of the molecule is CCOCCCNC(=O)c1cnc(NCc2ccc(OC)cc2)nc1C. The van der Waals surface area contributed by atoms with Crippen LogP contribution in [0.15, 0.2) is 30.5 Å². The monoisotopic (exact) mass is 358 g/mol. The lowest BCUT2D eigenvalue weighted by Gasteiger charge is -2.10. The van der Waals surface area contributed by atoms with Crippen LogP contribution >= 0.6 is 0 Å². The van der Waals surface area contributed by atoms with Crippen molar-refractivity contribution in [2.45, 2.75) is 26.8 Å². The molecule has 0 radical (unpaired) electrons. The van der Waals surface area contributed by atoms with E-state index in [0.717, 1.165) is 17.7 Å². The number of benzene rings is 1. The van der Waals surface area contributed by atoms with Crippen molar-refractivity contribution in [3.63, 3.8) is 0 Å². The number of ether oxygens (including phenoxy) is 2. The Morgan fingerprint density at radius 2 is 2.00 bits per heavy atom. The molecule has 26 heavy (non-hydrogen) atoms. The van der Waals surface area contributed by atoms with Crippen LogP contribution in [0.4, 0.5) is 5.95 Å². The number of amides is 1. The molecule has 0 saturated carbocycles. The number of nitrogens with zero attached hydrogens (tertiary/aromatic N) is 2. The topological polar surface area (TPSA) is 85.4 Å². The third kappa shape index (κ3) is 6.00. The lowest BCUT2D eigenvalue weighted by atomic mass is 10.2. The zero-order valence-electron chi connectivity index (χ0n) is 15.5. The van der Waals surface area contributed by atoms with Crippen LogP contribution in [0.5, 0.6) is 5.75 Å². The molecule has 0 aliphatic heterocycles. The first kappa shape index (κ1) is 19.7. The summed E-state index contributed by atoms with van der Waals surface area (Å²) in [4.78, 5) is 20.8. The molecule has 7 heteroatoms. The Morgan fingerprint density at radius 1 is 1.23 bits per heavy atom. The first-order chi connectivity index (χ1) is 12.6. The second-order valence-corrected chi connectivity index (χ2v) is 5.70. The largest absolute Gasteiger partial charge is 0.497 e. The number of carbonyl (C=O) groups excluding carboxylic acids is 1. The highest BCUT2D eigenvalue weighted by Gasteiger charge is 2.11. The molecule has 140 valence electrons. The molecule has 0 atom stereocenters. The highest BCUT2D eigenvalue weighted by atomic mass is 16.5. The van der Waals surface area contributed by atoms with Gasteiger partial charge in [0.15, 0.2) is 0 Å². The molecule has 2 aromatic rings. The fourth-order valence-electron chi connectivity index (χ4n) is 2.32. The minimum Gasteiger partial charge on any atom is -0.497 e. The van der Waals surface area contributed by atoms with Crippen LogP contribution in [0, 0.1) is 6.92 Å². The van der Waals surface area contributed by atoms with Gasteiger partial charge in [0.25, 0.3) is 5.91 Å². The molecule has 1 aromatic carbocycles. The van der Waals surface area contributed by atoms with Crippen LogP contribution < -0.4 is 15.4 Å². The van der Waals surface area contributed by atoms with E-state index in [1.807, 2.05) is 31.2 Å². The number of anilines is 1. The minimum atomic E-state index is -0.166. The van der Waals surface area contributed by atoms with E-state index in [1.165, 1.54) is 0 Å². The molecule has 1 heterocycles. The highest BCUT2D eigenvalue weighted by molar-refractivity contribution is 5.94. The van der Waals surface area contributed by atoms with Crippen LogP contribution in [0.1, 0.15) is 35.0 Å². The lowest BCUT2D eigenvalue weighted by Crippen LogP contribution is -2.26. The van der Waals surface area contributed by atoms with E-state index in [9.17, 15) is 4.79 Å². The molecular weight excluding hydrogens is 332 g/mol. The Morgan fingerprint density at radius 3 is 2.65 bits per heavy atom. The predicted molar refractivity (Wildman–Crippen MR) is 101 cm³/mol. The molecule has 2 rings (SSSR count). The molecular formula is C19H26N4O3. The van der Waals surface area contributed by atoms with E-state index in [0.29, 0.717) is 43.5 Å². The van der Waals surface area contributed by atoms with E-state index in [2.05, 4.69) is 20.6 Å². The Hall–Kier alpha value is -2.67. The van der Waals surface area contributed by atoms with Crippen LogP contribution in [0.2, 0.25) is 0 Å². The van der Waals surface area contributed by atoms with Gasteiger partial charge in [-0.1, -0.05) is 12.1 Å². The average Bonchev–Trinajstić information content (AvgIpc) is 2.66. The van der Waals surface area contributed by atoms with Crippen molar-refractivity contribution in [1.82, 2.24) is 15.3 Å². The maximum atomic E-state index is 12.2. The lowest BCUT2D eigenvalue weighted by molar-refractivity contribution is 0.0943. The van der Waals surface area contributed by atoms with Gasteiger partial charge in [0.1, 0.15) is 5.75 Å². The van der Waals surface area contributed by atoms with Crippen LogP contribution in [0.3, 0.4) is 0 Å². The molecule has 2 N–H and O–H groups in total. The van der Waals surface area contributed by atoms with E-state index < -0.39 is 0 Å². The van der Waals surface area contributed by atoms with Gasteiger partial charge in [-0.25, -0.2) is 9.97 Å². The quantitative estimate of drug-likeness (QED) is 0.635. The van der Waals surface area contributed by atoms with E-state index >= 15 is 0 Å². The van der Waals surface area contributed by atoms with Crippen molar-refractivity contribution >= 4 is 11.9 Å². The second kappa shape index (κ2) is 10.4. The summed E-state index contributed by atoms with van der Waals surface area (Å²) in [5.74, 6) is 1.14. The molecule has 0 unspecified atom stereocenters. The molecule has 0 aliphatic rings. The number of carbonyl (C=O) groups is 1. The molecule has 0 aliphatic carbocycles. The van der Waals surface area contributed by atoms with Gasteiger partial charge >= 0.3 is 0 Å². The zero-order valence-corrected chi connectivity index (χ0v) is 15.5. The smallest absolute Gasteiger partial charge is 0.254 e.